The molecular weight excluding hydrogens is 1040 g/mol. The molecule has 0 saturated carbocycles. The van der Waals surface area contributed by atoms with Gasteiger partial charge in [0, 0.05) is 84.4 Å². The molecule has 404 valence electrons. The van der Waals surface area contributed by atoms with Crippen molar-refractivity contribution in [2.75, 3.05) is 14.7 Å². The number of aromatic nitrogens is 5. The first kappa shape index (κ1) is 49.6. The molecule has 0 amide bonds. The van der Waals surface area contributed by atoms with Crippen molar-refractivity contribution in [3.05, 3.63) is 315 Å². The molecule has 8 nitrogen and oxygen atoms in total. The number of hydrogen-bond acceptors (Lipinski definition) is 5. The van der Waals surface area contributed by atoms with Gasteiger partial charge in [-0.05, 0) is 133 Å². The molecule has 11 aromatic carbocycles. The Hall–Kier alpha value is -11.2. The van der Waals surface area contributed by atoms with Crippen LogP contribution in [-0.2, 0) is 0 Å². The van der Waals surface area contributed by atoms with Gasteiger partial charge in [-0.15, -0.1) is 0 Å². The van der Waals surface area contributed by atoms with E-state index in [0.717, 1.165) is 112 Å². The van der Waals surface area contributed by atoms with Gasteiger partial charge in [-0.3, -0.25) is 13.7 Å². The van der Waals surface area contributed by atoms with Crippen molar-refractivity contribution >= 4 is 106 Å². The van der Waals surface area contributed by atoms with Crippen LogP contribution >= 0.6 is 0 Å². The average molecular weight is 1090 g/mol. The van der Waals surface area contributed by atoms with E-state index in [1.807, 2.05) is 0 Å². The molecule has 0 radical (unpaired) electrons. The summed E-state index contributed by atoms with van der Waals surface area (Å²) in [5.41, 5.74) is 16.2. The number of benzene rings is 11. The van der Waals surface area contributed by atoms with Crippen LogP contribution in [0.15, 0.2) is 303 Å². The molecule has 16 rings (SSSR count). The summed E-state index contributed by atoms with van der Waals surface area (Å²) < 4.78 is 7.01. The van der Waals surface area contributed by atoms with E-state index >= 15 is 0 Å². The second kappa shape index (κ2) is 20.6. The zero-order chi connectivity index (χ0) is 56.4. The maximum absolute atomic E-state index is 5.85. The van der Waals surface area contributed by atoms with Crippen molar-refractivity contribution in [3.63, 3.8) is 0 Å². The minimum atomic E-state index is -0.000272. The standard InChI is InChI=1S/C77H56N8/c1-53-67(82(58-34-16-6-17-35-58)59-36-18-7-19-37-59)48-49-72-76(53)65-40-22-25-43-70(65)85(72)77-78-74(83-69-42-24-21-39-63(69)66-50-60(45-47-71(66)83)80(54-26-8-2-9-27-54)55-28-10-3-11-29-55)52-75(79-77)84-68-41-23-20-38-62(68)64-46-44-61(51-73(64)84)81(56-30-12-4-13-31-56)57-32-14-5-15-33-57/h2-53,67H,1H3. The molecule has 0 saturated heterocycles. The lowest BCUT2D eigenvalue weighted by Gasteiger charge is -2.38. The molecule has 85 heavy (non-hydrogen) atoms. The zero-order valence-electron chi connectivity index (χ0n) is 46.7. The van der Waals surface area contributed by atoms with Crippen molar-refractivity contribution in [2.24, 2.45) is 0 Å². The number of fused-ring (bicyclic) bond motifs is 9. The summed E-state index contributed by atoms with van der Waals surface area (Å²) in [6.45, 7) is 2.37. The maximum atomic E-state index is 5.85. The lowest BCUT2D eigenvalue weighted by atomic mass is 9.85. The summed E-state index contributed by atoms with van der Waals surface area (Å²) in [6, 6.07) is 106. The molecule has 1 aliphatic rings. The number of anilines is 8. The van der Waals surface area contributed by atoms with E-state index in [-0.39, 0.29) is 12.0 Å². The second-order valence-corrected chi connectivity index (χ2v) is 21.8. The summed E-state index contributed by atoms with van der Waals surface area (Å²) in [5.74, 6) is 2.12. The Morgan fingerprint density at radius 1 is 0.306 bits per heavy atom. The zero-order valence-corrected chi connectivity index (χ0v) is 46.7. The van der Waals surface area contributed by atoms with Crippen LogP contribution in [0.3, 0.4) is 0 Å². The highest BCUT2D eigenvalue weighted by molar-refractivity contribution is 6.12. The molecule has 0 spiro atoms. The molecule has 2 unspecified atom stereocenters. The van der Waals surface area contributed by atoms with Gasteiger partial charge in [-0.2, -0.15) is 9.97 Å². The molecule has 4 aromatic heterocycles. The van der Waals surface area contributed by atoms with E-state index in [1.54, 1.807) is 0 Å². The normalized spacial score (nSPS) is 13.9. The van der Waals surface area contributed by atoms with Crippen LogP contribution in [0.4, 0.5) is 45.5 Å². The predicted octanol–water partition coefficient (Wildman–Crippen LogP) is 19.9. The van der Waals surface area contributed by atoms with Crippen LogP contribution in [0.2, 0.25) is 0 Å². The van der Waals surface area contributed by atoms with Gasteiger partial charge >= 0.3 is 0 Å². The van der Waals surface area contributed by atoms with Crippen LogP contribution in [0.1, 0.15) is 24.1 Å². The molecular formula is C77H56N8. The van der Waals surface area contributed by atoms with Crippen molar-refractivity contribution in [1.29, 1.82) is 0 Å². The quantitative estimate of drug-likeness (QED) is 0.122. The van der Waals surface area contributed by atoms with Crippen molar-refractivity contribution in [2.45, 2.75) is 18.9 Å². The Labute approximate surface area is 492 Å². The largest absolute Gasteiger partial charge is 0.334 e. The van der Waals surface area contributed by atoms with E-state index in [9.17, 15) is 0 Å². The minimum Gasteiger partial charge on any atom is -0.334 e. The smallest absolute Gasteiger partial charge is 0.238 e. The third-order valence-electron chi connectivity index (χ3n) is 17.0. The van der Waals surface area contributed by atoms with Gasteiger partial charge in [0.1, 0.15) is 11.6 Å². The van der Waals surface area contributed by atoms with Crippen LogP contribution in [0.5, 0.6) is 0 Å². The Morgan fingerprint density at radius 3 is 1.19 bits per heavy atom. The minimum absolute atomic E-state index is 0.000272. The van der Waals surface area contributed by atoms with Gasteiger partial charge in [-0.1, -0.05) is 183 Å². The van der Waals surface area contributed by atoms with Gasteiger partial charge in [0.15, 0.2) is 0 Å². The Bertz CT molecular complexity index is 4860. The topological polar surface area (TPSA) is 50.3 Å². The van der Waals surface area contributed by atoms with Crippen molar-refractivity contribution < 1.29 is 0 Å². The Morgan fingerprint density at radius 2 is 0.682 bits per heavy atom. The fourth-order valence-corrected chi connectivity index (χ4v) is 13.3. The Balaban J connectivity index is 0.958. The van der Waals surface area contributed by atoms with E-state index in [1.165, 1.54) is 10.9 Å². The molecule has 15 aromatic rings. The first-order chi connectivity index (χ1) is 42.1. The predicted molar refractivity (Wildman–Crippen MR) is 353 cm³/mol. The molecule has 2 atom stereocenters. The summed E-state index contributed by atoms with van der Waals surface area (Å²) in [6.07, 6.45) is 4.70. The summed E-state index contributed by atoms with van der Waals surface area (Å²) in [4.78, 5) is 18.8. The molecule has 0 bridgehead atoms. The fourth-order valence-electron chi connectivity index (χ4n) is 13.3. The number of hydrogen-bond donors (Lipinski definition) is 0. The average Bonchev–Trinajstić information content (AvgIpc) is 1.96. The molecule has 0 N–H and O–H groups in total. The Kier molecular flexibility index (Phi) is 12.0. The molecule has 4 heterocycles. The molecule has 8 heteroatoms. The van der Waals surface area contributed by atoms with Gasteiger partial charge in [-0.25, -0.2) is 0 Å². The third-order valence-corrected chi connectivity index (χ3v) is 17.0. The van der Waals surface area contributed by atoms with Gasteiger partial charge < -0.3 is 14.7 Å². The number of nitrogens with zero attached hydrogens (tertiary/aromatic N) is 8. The van der Waals surface area contributed by atoms with Gasteiger partial charge in [0.2, 0.25) is 5.95 Å². The SMILES string of the molecule is CC1c2c(n(-c3nc(-n4c5ccccc5c5cc(N(c6ccccc6)c6ccccc6)ccc54)cc(-n4c5ccccc5c5ccc(N(c6ccccc6)c6ccccc6)cc54)n3)c3ccccc23)C=CC1N(c1ccccc1)c1ccccc1. The monoisotopic (exact) mass is 1090 g/mol. The highest BCUT2D eigenvalue weighted by Gasteiger charge is 2.34. The first-order valence-corrected chi connectivity index (χ1v) is 29.1. The van der Waals surface area contributed by atoms with E-state index in [0.29, 0.717) is 5.95 Å². The molecule has 0 fully saturated rings. The maximum Gasteiger partial charge on any atom is 0.238 e. The lowest BCUT2D eigenvalue weighted by Crippen LogP contribution is -2.35. The van der Waals surface area contributed by atoms with E-state index < -0.39 is 0 Å². The van der Waals surface area contributed by atoms with Gasteiger partial charge in [0.25, 0.3) is 0 Å². The van der Waals surface area contributed by atoms with Crippen molar-refractivity contribution in [3.8, 4) is 17.6 Å². The third kappa shape index (κ3) is 8.36. The van der Waals surface area contributed by atoms with Crippen molar-refractivity contribution in [1.82, 2.24) is 23.7 Å². The first-order valence-electron chi connectivity index (χ1n) is 29.1. The van der Waals surface area contributed by atoms with Crippen LogP contribution in [-0.4, -0.2) is 29.7 Å². The van der Waals surface area contributed by atoms with E-state index in [4.69, 9.17) is 9.97 Å². The van der Waals surface area contributed by atoms with Crippen LogP contribution in [0, 0.1) is 0 Å². The summed E-state index contributed by atoms with van der Waals surface area (Å²) in [5, 5.41) is 5.67. The number of rotatable bonds is 12. The molecule has 0 aliphatic heterocycles. The van der Waals surface area contributed by atoms with Gasteiger partial charge in [0.05, 0.1) is 39.3 Å². The van der Waals surface area contributed by atoms with Crippen LogP contribution in [0.25, 0.3) is 78.2 Å². The number of para-hydroxylation sites is 9. The molecule has 1 aliphatic carbocycles. The highest BCUT2D eigenvalue weighted by Crippen LogP contribution is 2.46. The summed E-state index contributed by atoms with van der Waals surface area (Å²) in [7, 11) is 0. The second-order valence-electron chi connectivity index (χ2n) is 21.8. The van der Waals surface area contributed by atoms with Crippen LogP contribution < -0.4 is 14.7 Å². The summed E-state index contributed by atoms with van der Waals surface area (Å²) >= 11 is 0. The lowest BCUT2D eigenvalue weighted by molar-refractivity contribution is 0.641. The highest BCUT2D eigenvalue weighted by atomic mass is 15.2. The van der Waals surface area contributed by atoms with E-state index in [2.05, 4.69) is 345 Å². The fraction of sp³-hybridized carbons (Fsp3) is 0.0390.